The number of rotatable bonds is 5. The molecule has 1 N–H and O–H groups in total. The number of carbonyl (C=O) groups excluding carboxylic acids is 2. The maximum Gasteiger partial charge on any atom is 0.259 e. The first-order valence-electron chi connectivity index (χ1n) is 10.4. The number of likely N-dealkylation sites (tertiary alicyclic amines) is 1. The molecule has 1 aromatic carbocycles. The zero-order chi connectivity index (χ0) is 21.3. The van der Waals surface area contributed by atoms with E-state index in [9.17, 15) is 18.4 Å². The number of piperidine rings is 1. The number of hydrogen-bond acceptors (Lipinski definition) is 3. The summed E-state index contributed by atoms with van der Waals surface area (Å²) in [5, 5.41) is 2.99. The van der Waals surface area contributed by atoms with Crippen LogP contribution in [0.15, 0.2) is 30.3 Å². The van der Waals surface area contributed by atoms with Crippen LogP contribution in [0, 0.1) is 24.5 Å². The lowest BCUT2D eigenvalue weighted by molar-refractivity contribution is 0.0700. The molecule has 2 fully saturated rings. The smallest absolute Gasteiger partial charge is 0.259 e. The van der Waals surface area contributed by atoms with Crippen molar-refractivity contribution >= 4 is 11.8 Å². The van der Waals surface area contributed by atoms with Crippen LogP contribution in [0.25, 0.3) is 0 Å². The molecule has 0 atom stereocenters. The fourth-order valence-electron chi connectivity index (χ4n) is 3.95. The molecule has 2 heterocycles. The van der Waals surface area contributed by atoms with Gasteiger partial charge in [0.2, 0.25) is 0 Å². The Kier molecular flexibility index (Phi) is 5.79. The highest BCUT2D eigenvalue weighted by atomic mass is 19.1. The number of amides is 2. The number of benzene rings is 1. The number of nitrogens with zero attached hydrogens (tertiary/aromatic N) is 2. The lowest BCUT2D eigenvalue weighted by atomic mass is 9.89. The second kappa shape index (κ2) is 8.50. The predicted octanol–water partition coefficient (Wildman–Crippen LogP) is 3.83. The van der Waals surface area contributed by atoms with Crippen molar-refractivity contribution in [3.63, 3.8) is 0 Å². The maximum atomic E-state index is 14.0. The van der Waals surface area contributed by atoms with Crippen molar-refractivity contribution in [3.05, 3.63) is 64.5 Å². The van der Waals surface area contributed by atoms with Gasteiger partial charge in [-0.25, -0.2) is 8.78 Å². The predicted molar refractivity (Wildman–Crippen MR) is 108 cm³/mol. The highest BCUT2D eigenvalue weighted by Crippen LogP contribution is 2.31. The van der Waals surface area contributed by atoms with Gasteiger partial charge in [-0.15, -0.1) is 0 Å². The molecule has 2 aliphatic rings. The van der Waals surface area contributed by atoms with E-state index in [-0.39, 0.29) is 11.8 Å². The van der Waals surface area contributed by atoms with Gasteiger partial charge in [-0.3, -0.25) is 14.6 Å². The Balaban J connectivity index is 1.46. The van der Waals surface area contributed by atoms with Gasteiger partial charge < -0.3 is 10.2 Å². The summed E-state index contributed by atoms with van der Waals surface area (Å²) in [5.41, 5.74) is 1.64. The number of aromatic nitrogens is 1. The van der Waals surface area contributed by atoms with Gasteiger partial charge in [-0.1, -0.05) is 6.07 Å². The fraction of sp³-hybridized carbons (Fsp3) is 0.435. The zero-order valence-electron chi connectivity index (χ0n) is 17.0. The molecule has 1 aliphatic heterocycles. The van der Waals surface area contributed by atoms with Crippen molar-refractivity contribution in [2.24, 2.45) is 5.92 Å². The molecule has 158 valence electrons. The third kappa shape index (κ3) is 4.35. The summed E-state index contributed by atoms with van der Waals surface area (Å²) in [4.78, 5) is 31.4. The number of aryl methyl sites for hydroxylation is 1. The summed E-state index contributed by atoms with van der Waals surface area (Å²) in [6.45, 7) is 3.29. The van der Waals surface area contributed by atoms with Crippen LogP contribution in [0.4, 0.5) is 8.78 Å². The first-order chi connectivity index (χ1) is 14.4. The van der Waals surface area contributed by atoms with Crippen LogP contribution in [0.3, 0.4) is 0 Å². The Bertz CT molecular complexity index is 947. The quantitative estimate of drug-likeness (QED) is 0.811. The van der Waals surface area contributed by atoms with E-state index < -0.39 is 23.1 Å². The van der Waals surface area contributed by atoms with E-state index in [1.807, 2.05) is 19.1 Å². The van der Waals surface area contributed by atoms with Crippen molar-refractivity contribution in [2.45, 2.75) is 38.5 Å². The van der Waals surface area contributed by atoms with E-state index >= 15 is 0 Å². The standard InChI is InChI=1S/C23H25F2N3O2/c1-14-5-8-17(22(29)26-13-15-6-7-15)21(27-14)16-9-11-28(12-10-16)23(30)20-18(24)3-2-4-19(20)25/h2-5,8,15-16H,6-7,9-13H2,1H3,(H,26,29). The normalized spacial score (nSPS) is 17.1. The second-order valence-corrected chi connectivity index (χ2v) is 8.20. The van der Waals surface area contributed by atoms with Crippen LogP contribution in [-0.2, 0) is 0 Å². The van der Waals surface area contributed by atoms with E-state index in [2.05, 4.69) is 10.3 Å². The number of carbonyl (C=O) groups is 2. The third-order valence-electron chi connectivity index (χ3n) is 5.90. The van der Waals surface area contributed by atoms with E-state index in [1.165, 1.54) is 11.0 Å². The summed E-state index contributed by atoms with van der Waals surface area (Å²) in [6, 6.07) is 7.06. The average molecular weight is 413 g/mol. The third-order valence-corrected chi connectivity index (χ3v) is 5.90. The lowest BCUT2D eigenvalue weighted by Crippen LogP contribution is -2.39. The van der Waals surface area contributed by atoms with E-state index in [1.54, 1.807) is 0 Å². The molecule has 0 spiro atoms. The summed E-state index contributed by atoms with van der Waals surface area (Å²) < 4.78 is 28.0. The van der Waals surface area contributed by atoms with Crippen LogP contribution in [0.1, 0.15) is 63.7 Å². The highest BCUT2D eigenvalue weighted by Gasteiger charge is 2.31. The van der Waals surface area contributed by atoms with Crippen molar-refractivity contribution in [1.82, 2.24) is 15.2 Å². The number of pyridine rings is 1. The molecule has 2 aromatic rings. The fourth-order valence-corrected chi connectivity index (χ4v) is 3.95. The highest BCUT2D eigenvalue weighted by molar-refractivity contribution is 5.96. The molecule has 4 rings (SSSR count). The largest absolute Gasteiger partial charge is 0.352 e. The molecule has 7 heteroatoms. The molecule has 0 radical (unpaired) electrons. The van der Waals surface area contributed by atoms with Crippen molar-refractivity contribution in [3.8, 4) is 0 Å². The molecule has 1 aromatic heterocycles. The molecule has 5 nitrogen and oxygen atoms in total. The molecule has 1 aliphatic carbocycles. The van der Waals surface area contributed by atoms with Crippen LogP contribution in [-0.4, -0.2) is 41.3 Å². The minimum atomic E-state index is -0.850. The lowest BCUT2D eigenvalue weighted by Gasteiger charge is -2.32. The molecule has 2 amide bonds. The Labute approximate surface area is 174 Å². The summed E-state index contributed by atoms with van der Waals surface area (Å²) in [7, 11) is 0. The van der Waals surface area contributed by atoms with E-state index in [4.69, 9.17) is 0 Å². The summed E-state index contributed by atoms with van der Waals surface area (Å²) in [6.07, 6.45) is 3.49. The SMILES string of the molecule is Cc1ccc(C(=O)NCC2CC2)c(C2CCN(C(=O)c3c(F)cccc3F)CC2)n1. The number of hydrogen-bond donors (Lipinski definition) is 1. The molecule has 0 unspecified atom stereocenters. The van der Waals surface area contributed by atoms with Gasteiger partial charge in [0.25, 0.3) is 11.8 Å². The first kappa shape index (κ1) is 20.4. The number of nitrogens with one attached hydrogen (secondary N) is 1. The minimum Gasteiger partial charge on any atom is -0.352 e. The van der Waals surface area contributed by atoms with Gasteiger partial charge in [0.15, 0.2) is 0 Å². The van der Waals surface area contributed by atoms with Crippen LogP contribution < -0.4 is 5.32 Å². The van der Waals surface area contributed by atoms with Gasteiger partial charge in [0.1, 0.15) is 17.2 Å². The van der Waals surface area contributed by atoms with Crippen LogP contribution in [0.2, 0.25) is 0 Å². The van der Waals surface area contributed by atoms with Gasteiger partial charge in [-0.05, 0) is 62.8 Å². The zero-order valence-corrected chi connectivity index (χ0v) is 17.0. The second-order valence-electron chi connectivity index (χ2n) is 8.20. The molecule has 0 bridgehead atoms. The molecular formula is C23H25F2N3O2. The van der Waals surface area contributed by atoms with Crippen molar-refractivity contribution in [1.29, 1.82) is 0 Å². The Morgan fingerprint density at radius 1 is 1.07 bits per heavy atom. The summed E-state index contributed by atoms with van der Waals surface area (Å²) in [5.74, 6) is -1.85. The monoisotopic (exact) mass is 413 g/mol. The first-order valence-corrected chi connectivity index (χ1v) is 10.4. The van der Waals surface area contributed by atoms with Crippen LogP contribution in [0.5, 0.6) is 0 Å². The molecular weight excluding hydrogens is 388 g/mol. The molecule has 30 heavy (non-hydrogen) atoms. The molecule has 1 saturated heterocycles. The van der Waals surface area contributed by atoms with Gasteiger partial charge in [-0.2, -0.15) is 0 Å². The Hall–Kier alpha value is -2.83. The number of halogens is 2. The summed E-state index contributed by atoms with van der Waals surface area (Å²) >= 11 is 0. The maximum absolute atomic E-state index is 14.0. The van der Waals surface area contributed by atoms with Gasteiger partial charge >= 0.3 is 0 Å². The Morgan fingerprint density at radius 3 is 2.37 bits per heavy atom. The van der Waals surface area contributed by atoms with Crippen LogP contribution >= 0.6 is 0 Å². The van der Waals surface area contributed by atoms with E-state index in [0.29, 0.717) is 44.0 Å². The molecule has 1 saturated carbocycles. The average Bonchev–Trinajstić information content (AvgIpc) is 3.56. The van der Waals surface area contributed by atoms with Crippen molar-refractivity contribution in [2.75, 3.05) is 19.6 Å². The van der Waals surface area contributed by atoms with Gasteiger partial charge in [0.05, 0.1) is 11.3 Å². The Morgan fingerprint density at radius 2 is 1.73 bits per heavy atom. The van der Waals surface area contributed by atoms with Gasteiger partial charge in [0, 0.05) is 31.2 Å². The van der Waals surface area contributed by atoms with Crippen molar-refractivity contribution < 1.29 is 18.4 Å². The topological polar surface area (TPSA) is 62.3 Å². The van der Waals surface area contributed by atoms with E-state index in [0.717, 1.165) is 36.4 Å². The minimum absolute atomic E-state index is 0.0149.